The van der Waals surface area contributed by atoms with Crippen molar-refractivity contribution in [1.29, 1.82) is 0 Å². The molecule has 0 saturated carbocycles. The van der Waals surface area contributed by atoms with Crippen molar-refractivity contribution in [3.05, 3.63) is 91.4 Å². The highest BCUT2D eigenvalue weighted by Gasteiger charge is 2.09. The number of aliphatic imine (C=N–C) groups is 1. The third kappa shape index (κ3) is 5.08. The van der Waals surface area contributed by atoms with Crippen LogP contribution in [-0.2, 0) is 6.61 Å². The van der Waals surface area contributed by atoms with Gasteiger partial charge in [0.2, 0.25) is 0 Å². The molecule has 0 radical (unpaired) electrons. The maximum absolute atomic E-state index is 6.01. The Labute approximate surface area is 177 Å². The number of hydrogen-bond acceptors (Lipinski definition) is 2. The third-order valence-electron chi connectivity index (χ3n) is 4.45. The van der Waals surface area contributed by atoms with Crippen molar-refractivity contribution in [3.63, 3.8) is 0 Å². The van der Waals surface area contributed by atoms with Gasteiger partial charge in [0.25, 0.3) is 0 Å². The molecule has 27 heavy (non-hydrogen) atoms. The van der Waals surface area contributed by atoms with Crippen LogP contribution in [0.25, 0.3) is 0 Å². The molecule has 0 aliphatic carbocycles. The van der Waals surface area contributed by atoms with E-state index in [-0.39, 0.29) is 0 Å². The first-order valence-electron chi connectivity index (χ1n) is 8.71. The molecule has 0 fully saturated rings. The smallest absolute Gasteiger partial charge is 0.148 e. The van der Waals surface area contributed by atoms with Gasteiger partial charge in [-0.1, -0.05) is 42.0 Å². The summed E-state index contributed by atoms with van der Waals surface area (Å²) in [4.78, 5) is 4.64. The number of hydrogen-bond donors (Lipinski definition) is 0. The van der Waals surface area contributed by atoms with Crippen molar-refractivity contribution in [3.8, 4) is 5.75 Å². The van der Waals surface area contributed by atoms with Gasteiger partial charge in [-0.05, 0) is 93.1 Å². The monoisotopic (exact) mass is 485 g/mol. The second kappa shape index (κ2) is 8.85. The minimum atomic E-state index is 0.521. The maximum Gasteiger partial charge on any atom is 0.148 e. The fourth-order valence-electron chi connectivity index (χ4n) is 2.65. The summed E-state index contributed by atoms with van der Waals surface area (Å²) in [6.45, 7) is 6.79. The SMILES string of the molecule is Cc1ccc(COc2c(Br)cc(C=Nc3cccc(C)c3C)cc2Br)cc1. The van der Waals surface area contributed by atoms with Gasteiger partial charge in [0, 0.05) is 6.21 Å². The van der Waals surface area contributed by atoms with E-state index in [9.17, 15) is 0 Å². The summed E-state index contributed by atoms with van der Waals surface area (Å²) in [5.74, 6) is 0.791. The highest BCUT2D eigenvalue weighted by Crippen LogP contribution is 2.35. The van der Waals surface area contributed by atoms with Crippen LogP contribution in [0.4, 0.5) is 5.69 Å². The molecule has 0 spiro atoms. The zero-order valence-corrected chi connectivity index (χ0v) is 18.8. The van der Waals surface area contributed by atoms with E-state index in [0.717, 1.165) is 31.5 Å². The lowest BCUT2D eigenvalue weighted by atomic mass is 10.1. The van der Waals surface area contributed by atoms with E-state index in [1.807, 2.05) is 30.5 Å². The lowest BCUT2D eigenvalue weighted by Crippen LogP contribution is -1.98. The summed E-state index contributed by atoms with van der Waals surface area (Å²) >= 11 is 7.24. The molecule has 0 amide bonds. The molecule has 0 bridgehead atoms. The van der Waals surface area contributed by atoms with Crippen molar-refractivity contribution in [2.75, 3.05) is 0 Å². The summed E-state index contributed by atoms with van der Waals surface area (Å²) in [5.41, 5.74) is 6.81. The molecule has 0 heterocycles. The van der Waals surface area contributed by atoms with Crippen LogP contribution in [0.1, 0.15) is 27.8 Å². The Morgan fingerprint density at radius 1 is 0.926 bits per heavy atom. The molecule has 2 nitrogen and oxygen atoms in total. The first-order valence-corrected chi connectivity index (χ1v) is 10.3. The van der Waals surface area contributed by atoms with Gasteiger partial charge >= 0.3 is 0 Å². The summed E-state index contributed by atoms with van der Waals surface area (Å²) in [7, 11) is 0. The summed E-state index contributed by atoms with van der Waals surface area (Å²) in [6.07, 6.45) is 1.88. The fraction of sp³-hybridized carbons (Fsp3) is 0.174. The molecule has 0 atom stereocenters. The maximum atomic E-state index is 6.01. The van der Waals surface area contributed by atoms with Crippen molar-refractivity contribution in [1.82, 2.24) is 0 Å². The van der Waals surface area contributed by atoms with Crippen LogP contribution in [0, 0.1) is 20.8 Å². The fourth-order valence-corrected chi connectivity index (χ4v) is 4.10. The summed E-state index contributed by atoms with van der Waals surface area (Å²) in [5, 5.41) is 0. The van der Waals surface area contributed by atoms with Crippen LogP contribution >= 0.6 is 31.9 Å². The predicted octanol–water partition coefficient (Wildman–Crippen LogP) is 7.47. The van der Waals surface area contributed by atoms with Crippen molar-refractivity contribution in [2.24, 2.45) is 4.99 Å². The van der Waals surface area contributed by atoms with E-state index in [1.54, 1.807) is 0 Å². The molecule has 4 heteroatoms. The van der Waals surface area contributed by atoms with Gasteiger partial charge in [-0.25, -0.2) is 0 Å². The van der Waals surface area contributed by atoms with Gasteiger partial charge in [-0.3, -0.25) is 4.99 Å². The van der Waals surface area contributed by atoms with Crippen molar-refractivity contribution in [2.45, 2.75) is 27.4 Å². The third-order valence-corrected chi connectivity index (χ3v) is 5.63. The number of benzene rings is 3. The van der Waals surface area contributed by atoms with Gasteiger partial charge < -0.3 is 4.74 Å². The number of halogens is 2. The van der Waals surface area contributed by atoms with Crippen LogP contribution in [0.3, 0.4) is 0 Å². The number of ether oxygens (including phenoxy) is 1. The Hall–Kier alpha value is -1.91. The zero-order valence-electron chi connectivity index (χ0n) is 15.6. The van der Waals surface area contributed by atoms with Crippen LogP contribution in [0.2, 0.25) is 0 Å². The molecule has 0 aromatic heterocycles. The van der Waals surface area contributed by atoms with Crippen molar-refractivity contribution >= 4 is 43.8 Å². The van der Waals surface area contributed by atoms with Crippen LogP contribution in [-0.4, -0.2) is 6.21 Å². The molecule has 0 unspecified atom stereocenters. The molecule has 0 saturated heterocycles. The molecule has 3 aromatic rings. The average molecular weight is 487 g/mol. The van der Waals surface area contributed by atoms with Crippen LogP contribution < -0.4 is 4.74 Å². The van der Waals surface area contributed by atoms with Crippen LogP contribution in [0.15, 0.2) is 68.5 Å². The molecule has 0 N–H and O–H groups in total. The van der Waals surface area contributed by atoms with Crippen LogP contribution in [0.5, 0.6) is 5.75 Å². The first kappa shape index (κ1) is 19.8. The normalized spacial score (nSPS) is 11.1. The average Bonchev–Trinajstić information content (AvgIpc) is 2.64. The summed E-state index contributed by atoms with van der Waals surface area (Å²) < 4.78 is 7.80. The van der Waals surface area contributed by atoms with Gasteiger partial charge in [0.05, 0.1) is 14.6 Å². The highest BCUT2D eigenvalue weighted by molar-refractivity contribution is 9.11. The zero-order chi connectivity index (χ0) is 19.4. The molecule has 0 aliphatic rings. The second-order valence-corrected chi connectivity index (χ2v) is 8.27. The number of aryl methyl sites for hydroxylation is 2. The van der Waals surface area contributed by atoms with E-state index >= 15 is 0 Å². The Balaban J connectivity index is 1.77. The quantitative estimate of drug-likeness (QED) is 0.343. The van der Waals surface area contributed by atoms with E-state index in [1.165, 1.54) is 16.7 Å². The second-order valence-electron chi connectivity index (χ2n) is 6.57. The van der Waals surface area contributed by atoms with E-state index in [4.69, 9.17) is 4.74 Å². The Kier molecular flexibility index (Phi) is 6.51. The number of nitrogens with zero attached hydrogens (tertiary/aromatic N) is 1. The standard InChI is InChI=1S/C23H21Br2NO/c1-15-7-9-18(10-8-15)14-27-23-20(24)11-19(12-21(23)25)13-26-22-6-4-5-16(2)17(22)3/h4-13H,14H2,1-3H3. The minimum Gasteiger partial charge on any atom is -0.487 e. The molecular weight excluding hydrogens is 466 g/mol. The van der Waals surface area contributed by atoms with Gasteiger partial charge in [0.15, 0.2) is 0 Å². The molecule has 3 aromatic carbocycles. The number of rotatable bonds is 5. The lowest BCUT2D eigenvalue weighted by molar-refractivity contribution is 0.302. The Bertz CT molecular complexity index is 955. The van der Waals surface area contributed by atoms with E-state index in [0.29, 0.717) is 6.61 Å². The first-order chi connectivity index (χ1) is 12.9. The Morgan fingerprint density at radius 2 is 1.59 bits per heavy atom. The molecule has 138 valence electrons. The summed E-state index contributed by atoms with van der Waals surface area (Å²) in [6, 6.07) is 18.6. The predicted molar refractivity (Wildman–Crippen MR) is 121 cm³/mol. The van der Waals surface area contributed by atoms with E-state index in [2.05, 4.69) is 88.0 Å². The van der Waals surface area contributed by atoms with Crippen molar-refractivity contribution < 1.29 is 4.74 Å². The topological polar surface area (TPSA) is 21.6 Å². The molecule has 3 rings (SSSR count). The highest BCUT2D eigenvalue weighted by atomic mass is 79.9. The van der Waals surface area contributed by atoms with E-state index < -0.39 is 0 Å². The molecule has 0 aliphatic heterocycles. The molecular formula is C23H21Br2NO. The Morgan fingerprint density at radius 3 is 2.26 bits per heavy atom. The largest absolute Gasteiger partial charge is 0.487 e. The van der Waals surface area contributed by atoms with Gasteiger partial charge in [0.1, 0.15) is 12.4 Å². The lowest BCUT2D eigenvalue weighted by Gasteiger charge is -2.11. The van der Waals surface area contributed by atoms with Gasteiger partial charge in [-0.2, -0.15) is 0 Å². The minimum absolute atomic E-state index is 0.521. The van der Waals surface area contributed by atoms with Gasteiger partial charge in [-0.15, -0.1) is 0 Å².